The Morgan fingerprint density at radius 3 is 1.67 bits per heavy atom. The Labute approximate surface area is 65.9 Å². The molecule has 0 aliphatic heterocycles. The van der Waals surface area contributed by atoms with Crippen molar-refractivity contribution in [2.24, 2.45) is 0 Å². The van der Waals surface area contributed by atoms with E-state index in [1.165, 1.54) is 0 Å². The minimum absolute atomic E-state index is 0. The summed E-state index contributed by atoms with van der Waals surface area (Å²) in [5.74, 6) is 0. The van der Waals surface area contributed by atoms with Crippen LogP contribution >= 0.6 is 0 Å². The van der Waals surface area contributed by atoms with Crippen molar-refractivity contribution >= 4 is 0 Å². The molecule has 1 rings (SSSR count). The maximum Gasteiger partial charge on any atom is 2.00 e. The van der Waals surface area contributed by atoms with Crippen molar-refractivity contribution < 1.29 is 22.5 Å². The number of hydrogen-bond acceptors (Lipinski definition) is 1. The number of hydrogen-bond donors (Lipinski definition) is 0. The molecule has 0 fully saturated rings. The van der Waals surface area contributed by atoms with Gasteiger partial charge >= 0.3 is 17.1 Å². The van der Waals surface area contributed by atoms with Crippen LogP contribution in [-0.4, -0.2) is 5.48 Å². The van der Waals surface area contributed by atoms with E-state index in [9.17, 15) is 0 Å². The quantitative estimate of drug-likeness (QED) is 0.423. The average Bonchev–Trinajstić information content (AvgIpc) is 1.69. The first-order chi connectivity index (χ1) is 3.39. The number of benzene rings is 1. The zero-order valence-electron chi connectivity index (χ0n) is 4.89. The van der Waals surface area contributed by atoms with Gasteiger partial charge in [-0.1, -0.05) is 6.07 Å². The third-order valence-corrected chi connectivity index (χ3v) is 0.843. The molecule has 0 spiro atoms. The van der Waals surface area contributed by atoms with Crippen molar-refractivity contribution in [1.82, 2.24) is 0 Å². The first-order valence-electron chi connectivity index (χ1n) is 2.26. The Bertz CT molecular complexity index is 139. The molecule has 0 bridgehead atoms. The minimum Gasteiger partial charge on any atom is -0.870 e. The second-order valence-electron chi connectivity index (χ2n) is 1.49. The standard InChI is InChI=1S/C7H7.Fe.H2O/c1-7-5-3-2-4-6-7;;/h2-6H,1H2;;1H2/q-1;+2;/p-1. The minimum atomic E-state index is 0. The first-order valence-corrected chi connectivity index (χ1v) is 2.26. The fraction of sp³-hybridized carbons (Fsp3) is 0. The van der Waals surface area contributed by atoms with E-state index in [-0.39, 0.29) is 22.5 Å². The van der Waals surface area contributed by atoms with Gasteiger partial charge in [0.2, 0.25) is 0 Å². The SMILES string of the molecule is [CH2-]c1ccccc1.[Fe+2].[OH-]. The molecule has 0 radical (unpaired) electrons. The molecule has 2 heteroatoms. The fourth-order valence-electron chi connectivity index (χ4n) is 0.478. The van der Waals surface area contributed by atoms with Crippen molar-refractivity contribution in [1.29, 1.82) is 0 Å². The van der Waals surface area contributed by atoms with Crippen molar-refractivity contribution in [2.45, 2.75) is 0 Å². The van der Waals surface area contributed by atoms with E-state index in [1.807, 2.05) is 30.3 Å². The van der Waals surface area contributed by atoms with Crippen molar-refractivity contribution in [3.63, 3.8) is 0 Å². The second-order valence-corrected chi connectivity index (χ2v) is 1.49. The molecule has 0 amide bonds. The third kappa shape index (κ3) is 4.10. The molecule has 0 aliphatic rings. The normalized spacial score (nSPS) is 6.67. The van der Waals surface area contributed by atoms with Gasteiger partial charge in [0.05, 0.1) is 0 Å². The zero-order chi connectivity index (χ0) is 5.11. The van der Waals surface area contributed by atoms with Gasteiger partial charge in [0.15, 0.2) is 0 Å². The fourth-order valence-corrected chi connectivity index (χ4v) is 0.478. The van der Waals surface area contributed by atoms with E-state index in [0.717, 1.165) is 5.56 Å². The molecule has 9 heavy (non-hydrogen) atoms. The van der Waals surface area contributed by atoms with E-state index in [4.69, 9.17) is 0 Å². The van der Waals surface area contributed by atoms with Gasteiger partial charge in [-0.2, -0.15) is 24.6 Å². The van der Waals surface area contributed by atoms with Gasteiger partial charge in [-0.05, 0) is 0 Å². The molecule has 0 saturated heterocycles. The molecule has 0 aliphatic carbocycles. The van der Waals surface area contributed by atoms with E-state index < -0.39 is 0 Å². The van der Waals surface area contributed by atoms with Crippen LogP contribution in [0.25, 0.3) is 0 Å². The molecule has 0 atom stereocenters. The average molecular weight is 164 g/mol. The summed E-state index contributed by atoms with van der Waals surface area (Å²) in [6.45, 7) is 3.72. The van der Waals surface area contributed by atoms with E-state index in [2.05, 4.69) is 6.92 Å². The summed E-state index contributed by atoms with van der Waals surface area (Å²) in [6, 6.07) is 9.87. The van der Waals surface area contributed by atoms with Crippen molar-refractivity contribution in [2.75, 3.05) is 0 Å². The molecule has 0 heterocycles. The van der Waals surface area contributed by atoms with Crippen LogP contribution in [0.1, 0.15) is 5.56 Å². The van der Waals surface area contributed by atoms with Crippen molar-refractivity contribution in [3.8, 4) is 0 Å². The summed E-state index contributed by atoms with van der Waals surface area (Å²) >= 11 is 0. The zero-order valence-corrected chi connectivity index (χ0v) is 6.00. The molecule has 1 nitrogen and oxygen atoms in total. The third-order valence-electron chi connectivity index (χ3n) is 0.843. The molecular formula is C7H8FeO. The second kappa shape index (κ2) is 5.70. The Kier molecular flexibility index (Phi) is 7.21. The topological polar surface area (TPSA) is 30.0 Å². The van der Waals surface area contributed by atoms with Crippen LogP contribution in [0, 0.1) is 6.92 Å². The smallest absolute Gasteiger partial charge is 0.870 e. The van der Waals surface area contributed by atoms with Crippen LogP contribution in [-0.2, 0) is 17.1 Å². The predicted molar refractivity (Wildman–Crippen MR) is 32.8 cm³/mol. The van der Waals surface area contributed by atoms with Gasteiger partial charge in [-0.25, -0.2) is 0 Å². The largest absolute Gasteiger partial charge is 2.00 e. The maximum absolute atomic E-state index is 3.72. The van der Waals surface area contributed by atoms with Crippen LogP contribution in [0.2, 0.25) is 0 Å². The molecule has 1 aromatic carbocycles. The molecule has 0 aromatic heterocycles. The molecule has 1 aromatic rings. The summed E-state index contributed by atoms with van der Waals surface area (Å²) in [5, 5.41) is 0. The first kappa shape index (κ1) is 11.4. The van der Waals surface area contributed by atoms with E-state index in [0.29, 0.717) is 0 Å². The summed E-state index contributed by atoms with van der Waals surface area (Å²) in [6.07, 6.45) is 0. The Morgan fingerprint density at radius 1 is 1.00 bits per heavy atom. The Balaban J connectivity index is 0. The van der Waals surface area contributed by atoms with Crippen LogP contribution < -0.4 is 0 Å². The molecule has 0 saturated carbocycles. The maximum atomic E-state index is 3.72. The van der Waals surface area contributed by atoms with Gasteiger partial charge in [-0.15, -0.1) is 12.1 Å². The van der Waals surface area contributed by atoms with E-state index in [1.54, 1.807) is 0 Å². The van der Waals surface area contributed by atoms with Gasteiger partial charge in [0.1, 0.15) is 0 Å². The van der Waals surface area contributed by atoms with Crippen molar-refractivity contribution in [3.05, 3.63) is 42.8 Å². The Hall–Kier alpha value is -0.431. The van der Waals surface area contributed by atoms with Crippen LogP contribution in [0.15, 0.2) is 30.3 Å². The van der Waals surface area contributed by atoms with E-state index >= 15 is 0 Å². The summed E-state index contributed by atoms with van der Waals surface area (Å²) in [4.78, 5) is 0. The predicted octanol–water partition coefficient (Wildman–Crippen LogP) is 1.69. The molecule has 1 N–H and O–H groups in total. The number of rotatable bonds is 0. The Morgan fingerprint density at radius 2 is 1.44 bits per heavy atom. The molecular weight excluding hydrogens is 156 g/mol. The van der Waals surface area contributed by atoms with Gasteiger partial charge < -0.3 is 5.48 Å². The summed E-state index contributed by atoms with van der Waals surface area (Å²) < 4.78 is 0. The molecule has 50 valence electrons. The van der Waals surface area contributed by atoms with Gasteiger partial charge in [-0.3, -0.25) is 0 Å². The van der Waals surface area contributed by atoms with Crippen LogP contribution in [0.4, 0.5) is 0 Å². The molecule has 0 unspecified atom stereocenters. The monoisotopic (exact) mass is 164 g/mol. The van der Waals surface area contributed by atoms with Gasteiger partial charge in [0.25, 0.3) is 0 Å². The van der Waals surface area contributed by atoms with Crippen LogP contribution in [0.5, 0.6) is 0 Å². The summed E-state index contributed by atoms with van der Waals surface area (Å²) in [5.41, 5.74) is 1.07. The van der Waals surface area contributed by atoms with Crippen LogP contribution in [0.3, 0.4) is 0 Å². The van der Waals surface area contributed by atoms with Gasteiger partial charge in [0, 0.05) is 0 Å². The summed E-state index contributed by atoms with van der Waals surface area (Å²) in [7, 11) is 0.